The van der Waals surface area contributed by atoms with Gasteiger partial charge in [0.15, 0.2) is 0 Å². The predicted octanol–water partition coefficient (Wildman–Crippen LogP) is 0.971. The summed E-state index contributed by atoms with van der Waals surface area (Å²) >= 11 is 0. The van der Waals surface area contributed by atoms with Crippen molar-refractivity contribution in [2.24, 2.45) is 0 Å². The Balaban J connectivity index is 0.000001000. The van der Waals surface area contributed by atoms with Crippen molar-refractivity contribution in [3.05, 3.63) is 34.9 Å². The molecule has 0 saturated heterocycles. The molecule has 0 bridgehead atoms. The van der Waals surface area contributed by atoms with Crippen LogP contribution in [0.1, 0.15) is 16.7 Å². The van der Waals surface area contributed by atoms with Gasteiger partial charge in [0, 0.05) is 0 Å². The lowest BCUT2D eigenvalue weighted by Crippen LogP contribution is -1.90. The average molecular weight is 154 g/mol. The second-order valence-electron chi connectivity index (χ2n) is 2.52. The molecule has 2 nitrogen and oxygen atoms in total. The largest absolute Gasteiger partial charge is 0.412 e. The van der Waals surface area contributed by atoms with Crippen LogP contribution < -0.4 is 0 Å². The van der Waals surface area contributed by atoms with Gasteiger partial charge in [-0.15, -0.1) is 0 Å². The van der Waals surface area contributed by atoms with Crippen molar-refractivity contribution in [3.8, 4) is 0 Å². The zero-order valence-corrected chi connectivity index (χ0v) is 6.89. The minimum absolute atomic E-state index is 0. The SMILES string of the molecule is Cc1cccc(CO)c1C.O. The molecule has 3 N–H and O–H groups in total. The number of hydrogen-bond acceptors (Lipinski definition) is 1. The first-order chi connectivity index (χ1) is 4.75. The highest BCUT2D eigenvalue weighted by Gasteiger charge is 1.96. The van der Waals surface area contributed by atoms with E-state index in [2.05, 4.69) is 13.0 Å². The minimum Gasteiger partial charge on any atom is -0.412 e. The normalized spacial score (nSPS) is 9.00. The van der Waals surface area contributed by atoms with Crippen LogP contribution in [-0.4, -0.2) is 10.6 Å². The van der Waals surface area contributed by atoms with E-state index in [9.17, 15) is 0 Å². The van der Waals surface area contributed by atoms with Crippen molar-refractivity contribution in [3.63, 3.8) is 0 Å². The molecular formula is C9H14O2. The first-order valence-electron chi connectivity index (χ1n) is 3.41. The molecule has 0 heterocycles. The van der Waals surface area contributed by atoms with E-state index in [-0.39, 0.29) is 12.1 Å². The van der Waals surface area contributed by atoms with E-state index in [4.69, 9.17) is 5.11 Å². The van der Waals surface area contributed by atoms with Crippen molar-refractivity contribution in [2.75, 3.05) is 0 Å². The van der Waals surface area contributed by atoms with Gasteiger partial charge in [-0.3, -0.25) is 0 Å². The van der Waals surface area contributed by atoms with Crippen LogP contribution in [0.5, 0.6) is 0 Å². The fourth-order valence-electron chi connectivity index (χ4n) is 0.983. The molecule has 62 valence electrons. The summed E-state index contributed by atoms with van der Waals surface area (Å²) in [6, 6.07) is 5.96. The molecule has 0 aliphatic heterocycles. The third-order valence-corrected chi connectivity index (χ3v) is 1.89. The second kappa shape index (κ2) is 4.11. The van der Waals surface area contributed by atoms with Gasteiger partial charge >= 0.3 is 0 Å². The van der Waals surface area contributed by atoms with Gasteiger partial charge < -0.3 is 10.6 Å². The van der Waals surface area contributed by atoms with Crippen LogP contribution in [0, 0.1) is 13.8 Å². The van der Waals surface area contributed by atoms with E-state index < -0.39 is 0 Å². The smallest absolute Gasteiger partial charge is 0.0684 e. The first-order valence-corrected chi connectivity index (χ1v) is 3.41. The van der Waals surface area contributed by atoms with E-state index in [1.165, 1.54) is 11.1 Å². The molecule has 0 aliphatic carbocycles. The summed E-state index contributed by atoms with van der Waals surface area (Å²) in [5, 5.41) is 8.84. The molecule has 0 amide bonds. The van der Waals surface area contributed by atoms with E-state index >= 15 is 0 Å². The standard InChI is InChI=1S/C9H12O.H2O/c1-7-4-3-5-9(6-10)8(7)2;/h3-5,10H,6H2,1-2H3;1H2. The van der Waals surface area contributed by atoms with Gasteiger partial charge in [-0.25, -0.2) is 0 Å². The summed E-state index contributed by atoms with van der Waals surface area (Å²) in [5.41, 5.74) is 3.47. The molecule has 0 unspecified atom stereocenters. The van der Waals surface area contributed by atoms with Crippen molar-refractivity contribution in [1.29, 1.82) is 0 Å². The Bertz CT molecular complexity index is 231. The lowest BCUT2D eigenvalue weighted by atomic mass is 10.0. The van der Waals surface area contributed by atoms with Gasteiger partial charge in [0.25, 0.3) is 0 Å². The van der Waals surface area contributed by atoms with Crippen molar-refractivity contribution < 1.29 is 10.6 Å². The summed E-state index contributed by atoms with van der Waals surface area (Å²) in [6.07, 6.45) is 0. The molecule has 1 rings (SSSR count). The first kappa shape index (κ1) is 10.1. The Hall–Kier alpha value is -0.860. The Morgan fingerprint density at radius 1 is 1.27 bits per heavy atom. The molecule has 0 atom stereocenters. The van der Waals surface area contributed by atoms with Crippen LogP contribution in [0.25, 0.3) is 0 Å². The van der Waals surface area contributed by atoms with Crippen LogP contribution in [0.4, 0.5) is 0 Å². The van der Waals surface area contributed by atoms with Gasteiger partial charge in [0.1, 0.15) is 0 Å². The maximum atomic E-state index is 8.84. The van der Waals surface area contributed by atoms with E-state index in [1.807, 2.05) is 19.1 Å². The van der Waals surface area contributed by atoms with Crippen molar-refractivity contribution >= 4 is 0 Å². The van der Waals surface area contributed by atoms with Crippen LogP contribution in [0.2, 0.25) is 0 Å². The lowest BCUT2D eigenvalue weighted by Gasteiger charge is -2.03. The van der Waals surface area contributed by atoms with Crippen molar-refractivity contribution in [1.82, 2.24) is 0 Å². The van der Waals surface area contributed by atoms with Crippen LogP contribution in [0.15, 0.2) is 18.2 Å². The van der Waals surface area contributed by atoms with E-state index in [0.29, 0.717) is 0 Å². The third kappa shape index (κ3) is 2.03. The monoisotopic (exact) mass is 154 g/mol. The molecule has 0 fully saturated rings. The van der Waals surface area contributed by atoms with Crippen LogP contribution in [-0.2, 0) is 6.61 Å². The number of benzene rings is 1. The van der Waals surface area contributed by atoms with Gasteiger partial charge in [0.2, 0.25) is 0 Å². The summed E-state index contributed by atoms with van der Waals surface area (Å²) < 4.78 is 0. The molecule has 1 aromatic rings. The Labute approximate surface area is 66.8 Å². The molecule has 2 heteroatoms. The van der Waals surface area contributed by atoms with Gasteiger partial charge in [-0.2, -0.15) is 0 Å². The molecule has 1 aromatic carbocycles. The Morgan fingerprint density at radius 2 is 1.91 bits per heavy atom. The lowest BCUT2D eigenvalue weighted by molar-refractivity contribution is 0.281. The highest BCUT2D eigenvalue weighted by molar-refractivity contribution is 5.32. The van der Waals surface area contributed by atoms with Crippen LogP contribution >= 0.6 is 0 Å². The Kier molecular flexibility index (Phi) is 3.79. The highest BCUT2D eigenvalue weighted by Crippen LogP contribution is 2.11. The summed E-state index contributed by atoms with van der Waals surface area (Å²) in [4.78, 5) is 0. The van der Waals surface area contributed by atoms with Gasteiger partial charge in [-0.1, -0.05) is 18.2 Å². The summed E-state index contributed by atoms with van der Waals surface area (Å²) in [6.45, 7) is 4.23. The Morgan fingerprint density at radius 3 is 2.36 bits per heavy atom. The number of aliphatic hydroxyl groups excluding tert-OH is 1. The van der Waals surface area contributed by atoms with Crippen LogP contribution in [0.3, 0.4) is 0 Å². The van der Waals surface area contributed by atoms with Gasteiger partial charge in [-0.05, 0) is 30.5 Å². The summed E-state index contributed by atoms with van der Waals surface area (Å²) in [7, 11) is 0. The number of aliphatic hydroxyl groups is 1. The highest BCUT2D eigenvalue weighted by atomic mass is 16.3. The molecule has 0 spiro atoms. The fourth-order valence-corrected chi connectivity index (χ4v) is 0.983. The van der Waals surface area contributed by atoms with Gasteiger partial charge in [0.05, 0.1) is 6.61 Å². The fraction of sp³-hybridized carbons (Fsp3) is 0.333. The minimum atomic E-state index is 0. The quantitative estimate of drug-likeness (QED) is 0.643. The van der Waals surface area contributed by atoms with Crippen molar-refractivity contribution in [2.45, 2.75) is 20.5 Å². The summed E-state index contributed by atoms with van der Waals surface area (Å²) in [5.74, 6) is 0. The average Bonchev–Trinajstić information content (AvgIpc) is 1.95. The predicted molar refractivity (Wildman–Crippen MR) is 45.5 cm³/mol. The third-order valence-electron chi connectivity index (χ3n) is 1.89. The molecule has 0 saturated carbocycles. The van der Waals surface area contributed by atoms with E-state index in [1.54, 1.807) is 0 Å². The topological polar surface area (TPSA) is 51.7 Å². The molecule has 0 radical (unpaired) electrons. The van der Waals surface area contributed by atoms with E-state index in [0.717, 1.165) is 5.56 Å². The zero-order chi connectivity index (χ0) is 7.56. The number of rotatable bonds is 1. The molecule has 11 heavy (non-hydrogen) atoms. The number of aryl methyl sites for hydroxylation is 1. The number of hydrogen-bond donors (Lipinski definition) is 1. The maximum absolute atomic E-state index is 8.84. The molecule has 0 aromatic heterocycles. The molecule has 0 aliphatic rings. The molecular weight excluding hydrogens is 140 g/mol. The zero-order valence-electron chi connectivity index (χ0n) is 6.89. The second-order valence-corrected chi connectivity index (χ2v) is 2.52. The maximum Gasteiger partial charge on any atom is 0.0684 e.